The molecule has 0 unspecified atom stereocenters. The van der Waals surface area contributed by atoms with Gasteiger partial charge in [0.05, 0.1) is 6.61 Å². The van der Waals surface area contributed by atoms with E-state index >= 15 is 0 Å². The van der Waals surface area contributed by atoms with E-state index in [4.69, 9.17) is 4.74 Å². The Hall–Kier alpha value is -2.09. The second-order valence-electron chi connectivity index (χ2n) is 7.87. The van der Waals surface area contributed by atoms with Crippen molar-refractivity contribution in [3.8, 4) is 5.75 Å². The van der Waals surface area contributed by atoms with Crippen LogP contribution < -0.4 is 4.74 Å². The minimum absolute atomic E-state index is 0.709. The number of benzene rings is 2. The van der Waals surface area contributed by atoms with Gasteiger partial charge in [-0.25, -0.2) is 0 Å². The van der Waals surface area contributed by atoms with Gasteiger partial charge >= 0.3 is 0 Å². The summed E-state index contributed by atoms with van der Waals surface area (Å²) in [5, 5.41) is 0. The van der Waals surface area contributed by atoms with E-state index in [1.165, 1.54) is 36.0 Å². The zero-order valence-electron chi connectivity index (χ0n) is 17.6. The third-order valence-corrected chi connectivity index (χ3v) is 5.41. The number of carbonyl (C=O) groups excluding carboxylic acids is 1. The number of hydrogen-bond donors (Lipinski definition) is 0. The summed E-state index contributed by atoms with van der Waals surface area (Å²) in [7, 11) is 0. The largest absolute Gasteiger partial charge is 0.493 e. The lowest BCUT2D eigenvalue weighted by atomic mass is 9.90. The SMILES string of the molecule is CCC[C@H](CCCOc1c(C)cc(C=O)cc1C)Cc1ccc(C)c(C)c1. The summed E-state index contributed by atoms with van der Waals surface area (Å²) >= 11 is 0. The van der Waals surface area contributed by atoms with Gasteiger partial charge in [0.1, 0.15) is 12.0 Å². The van der Waals surface area contributed by atoms with Gasteiger partial charge in [0, 0.05) is 5.56 Å². The Morgan fingerprint density at radius 3 is 2.22 bits per heavy atom. The minimum Gasteiger partial charge on any atom is -0.493 e. The topological polar surface area (TPSA) is 26.3 Å². The Bertz CT molecular complexity index is 738. The van der Waals surface area contributed by atoms with Gasteiger partial charge in [0.2, 0.25) is 0 Å². The molecule has 0 heterocycles. The Kier molecular flexibility index (Phi) is 8.09. The first kappa shape index (κ1) is 21.2. The highest BCUT2D eigenvalue weighted by molar-refractivity contribution is 5.76. The number of aldehydes is 1. The lowest BCUT2D eigenvalue weighted by molar-refractivity contribution is 0.112. The van der Waals surface area contributed by atoms with E-state index in [0.29, 0.717) is 11.5 Å². The molecule has 0 aliphatic heterocycles. The first-order valence-corrected chi connectivity index (χ1v) is 10.2. The second kappa shape index (κ2) is 10.3. The molecule has 146 valence electrons. The summed E-state index contributed by atoms with van der Waals surface area (Å²) in [5.74, 6) is 1.64. The average Bonchev–Trinajstić information content (AvgIpc) is 2.63. The molecule has 2 aromatic rings. The normalized spacial score (nSPS) is 12.0. The molecule has 0 spiro atoms. The molecule has 0 fully saturated rings. The van der Waals surface area contributed by atoms with Crippen LogP contribution in [-0.4, -0.2) is 12.9 Å². The molecule has 2 heteroatoms. The quantitative estimate of drug-likeness (QED) is 0.352. The lowest BCUT2D eigenvalue weighted by Crippen LogP contribution is -2.08. The molecule has 0 amide bonds. The fraction of sp³-hybridized carbons (Fsp3) is 0.480. The molecule has 0 N–H and O–H groups in total. The van der Waals surface area contributed by atoms with Crippen molar-refractivity contribution in [3.63, 3.8) is 0 Å². The molecule has 0 saturated heterocycles. The minimum atomic E-state index is 0.709. The number of ether oxygens (including phenoxy) is 1. The maximum atomic E-state index is 11.0. The highest BCUT2D eigenvalue weighted by Gasteiger charge is 2.11. The number of aryl methyl sites for hydroxylation is 4. The van der Waals surface area contributed by atoms with Gasteiger partial charge in [0.25, 0.3) is 0 Å². The molecule has 2 rings (SSSR count). The molecule has 0 aliphatic carbocycles. The molecule has 0 saturated carbocycles. The summed E-state index contributed by atoms with van der Waals surface area (Å²) in [5.41, 5.74) is 7.00. The van der Waals surface area contributed by atoms with Crippen molar-refractivity contribution >= 4 is 6.29 Å². The predicted molar refractivity (Wildman–Crippen MR) is 114 cm³/mol. The molecule has 0 bridgehead atoms. The van der Waals surface area contributed by atoms with E-state index in [9.17, 15) is 4.79 Å². The zero-order valence-corrected chi connectivity index (χ0v) is 17.6. The standard InChI is InChI=1S/C25H34O2/c1-6-8-22(16-23-11-10-18(2)19(3)13-23)9-7-12-27-25-20(4)14-24(17-26)15-21(25)5/h10-11,13-15,17,22H,6-9,12,16H2,1-5H3/t22-/m1/s1. The van der Waals surface area contributed by atoms with E-state index in [0.717, 1.165) is 42.6 Å². The lowest BCUT2D eigenvalue weighted by Gasteiger charge is -2.18. The van der Waals surface area contributed by atoms with Gasteiger partial charge in [-0.15, -0.1) is 0 Å². The number of carbonyl (C=O) groups is 1. The average molecular weight is 367 g/mol. The van der Waals surface area contributed by atoms with Crippen molar-refractivity contribution in [1.82, 2.24) is 0 Å². The third-order valence-electron chi connectivity index (χ3n) is 5.41. The molecular weight excluding hydrogens is 332 g/mol. The van der Waals surface area contributed by atoms with Crippen molar-refractivity contribution in [2.75, 3.05) is 6.61 Å². The van der Waals surface area contributed by atoms with Crippen LogP contribution in [0, 0.1) is 33.6 Å². The van der Waals surface area contributed by atoms with Crippen LogP contribution in [0.4, 0.5) is 0 Å². The smallest absolute Gasteiger partial charge is 0.150 e. The summed E-state index contributed by atoms with van der Waals surface area (Å²) in [4.78, 5) is 11.0. The van der Waals surface area contributed by atoms with Crippen molar-refractivity contribution in [2.24, 2.45) is 5.92 Å². The van der Waals surface area contributed by atoms with E-state index < -0.39 is 0 Å². The van der Waals surface area contributed by atoms with Crippen molar-refractivity contribution in [2.45, 2.75) is 66.7 Å². The van der Waals surface area contributed by atoms with Gasteiger partial charge in [-0.1, -0.05) is 38.0 Å². The molecule has 2 aromatic carbocycles. The zero-order chi connectivity index (χ0) is 19.8. The molecule has 0 aliphatic rings. The van der Waals surface area contributed by atoms with Gasteiger partial charge in [0.15, 0.2) is 0 Å². The highest BCUT2D eigenvalue weighted by Crippen LogP contribution is 2.26. The molecular formula is C25H34O2. The Balaban J connectivity index is 1.89. The first-order chi connectivity index (χ1) is 12.9. The van der Waals surface area contributed by atoms with Crippen LogP contribution in [0.2, 0.25) is 0 Å². The monoisotopic (exact) mass is 366 g/mol. The molecule has 0 aromatic heterocycles. The summed E-state index contributed by atoms with van der Waals surface area (Å²) in [6.07, 6.45) is 6.78. The fourth-order valence-electron chi connectivity index (χ4n) is 3.85. The van der Waals surface area contributed by atoms with E-state index in [1.807, 2.05) is 26.0 Å². The first-order valence-electron chi connectivity index (χ1n) is 10.2. The summed E-state index contributed by atoms with van der Waals surface area (Å²) in [6, 6.07) is 10.7. The number of rotatable bonds is 10. The third kappa shape index (κ3) is 6.23. The fourth-order valence-corrected chi connectivity index (χ4v) is 3.85. The Labute approximate surface area is 165 Å². The highest BCUT2D eigenvalue weighted by atomic mass is 16.5. The maximum Gasteiger partial charge on any atom is 0.150 e. The van der Waals surface area contributed by atoms with Crippen LogP contribution in [0.1, 0.15) is 70.8 Å². The molecule has 27 heavy (non-hydrogen) atoms. The van der Waals surface area contributed by atoms with Gasteiger partial charge in [-0.2, -0.15) is 0 Å². The molecule has 0 radical (unpaired) electrons. The van der Waals surface area contributed by atoms with Crippen LogP contribution >= 0.6 is 0 Å². The van der Waals surface area contributed by atoms with E-state index in [2.05, 4.69) is 39.0 Å². The number of hydrogen-bond acceptors (Lipinski definition) is 2. The predicted octanol–water partition coefficient (Wildman–Crippen LogP) is 6.55. The summed E-state index contributed by atoms with van der Waals surface area (Å²) in [6.45, 7) is 11.4. The Morgan fingerprint density at radius 2 is 1.63 bits per heavy atom. The maximum absolute atomic E-state index is 11.0. The van der Waals surface area contributed by atoms with Gasteiger partial charge < -0.3 is 4.74 Å². The van der Waals surface area contributed by atoms with Gasteiger partial charge in [-0.05, 0) is 92.8 Å². The summed E-state index contributed by atoms with van der Waals surface area (Å²) < 4.78 is 6.06. The molecule has 2 nitrogen and oxygen atoms in total. The van der Waals surface area contributed by atoms with Crippen LogP contribution in [0.3, 0.4) is 0 Å². The van der Waals surface area contributed by atoms with Crippen LogP contribution in [0.15, 0.2) is 30.3 Å². The van der Waals surface area contributed by atoms with E-state index in [1.54, 1.807) is 0 Å². The Morgan fingerprint density at radius 1 is 0.926 bits per heavy atom. The van der Waals surface area contributed by atoms with Crippen LogP contribution in [0.25, 0.3) is 0 Å². The van der Waals surface area contributed by atoms with Gasteiger partial charge in [-0.3, -0.25) is 4.79 Å². The van der Waals surface area contributed by atoms with Crippen molar-refractivity contribution in [3.05, 3.63) is 63.7 Å². The van der Waals surface area contributed by atoms with Crippen molar-refractivity contribution < 1.29 is 9.53 Å². The second-order valence-corrected chi connectivity index (χ2v) is 7.87. The van der Waals surface area contributed by atoms with Crippen LogP contribution in [-0.2, 0) is 6.42 Å². The van der Waals surface area contributed by atoms with Crippen LogP contribution in [0.5, 0.6) is 5.75 Å². The molecule has 1 atom stereocenters. The van der Waals surface area contributed by atoms with Crippen molar-refractivity contribution in [1.29, 1.82) is 0 Å². The van der Waals surface area contributed by atoms with E-state index in [-0.39, 0.29) is 0 Å².